The smallest absolute Gasteiger partial charge is 0.270 e. The van der Waals surface area contributed by atoms with Gasteiger partial charge in [0.15, 0.2) is 0 Å². The molecule has 0 N–H and O–H groups in total. The van der Waals surface area contributed by atoms with Crippen molar-refractivity contribution in [3.63, 3.8) is 0 Å². The molecule has 24 heavy (non-hydrogen) atoms. The van der Waals surface area contributed by atoms with E-state index in [1.165, 1.54) is 23.3 Å². The van der Waals surface area contributed by atoms with Gasteiger partial charge in [-0.15, -0.1) is 0 Å². The lowest BCUT2D eigenvalue weighted by molar-refractivity contribution is -0.384. The molecule has 5 heteroatoms. The fourth-order valence-electron chi connectivity index (χ4n) is 2.29. The van der Waals surface area contributed by atoms with Crippen LogP contribution in [0.1, 0.15) is 16.9 Å². The zero-order valence-electron chi connectivity index (χ0n) is 13.4. The van der Waals surface area contributed by atoms with Crippen molar-refractivity contribution < 1.29 is 9.34 Å². The highest BCUT2D eigenvalue weighted by atomic mass is 16.6. The number of hydrogen-bond acceptors (Lipinski definition) is 4. The summed E-state index contributed by atoms with van der Waals surface area (Å²) >= 11 is 0. The normalized spacial score (nSPS) is 11.1. The Hall–Kier alpha value is -3.21. The van der Waals surface area contributed by atoms with E-state index in [0.29, 0.717) is 17.1 Å². The lowest BCUT2D eigenvalue weighted by Gasteiger charge is -2.00. The van der Waals surface area contributed by atoms with Crippen molar-refractivity contribution in [1.29, 1.82) is 0 Å². The molecule has 0 bridgehead atoms. The average molecular weight is 320 g/mol. The summed E-state index contributed by atoms with van der Waals surface area (Å²) in [6.45, 7) is 4.10. The molecule has 0 aliphatic carbocycles. The minimum absolute atomic E-state index is 0.0363. The summed E-state index contributed by atoms with van der Waals surface area (Å²) in [5.74, 6) is 1.16. The Balaban J connectivity index is 1.83. The van der Waals surface area contributed by atoms with Crippen molar-refractivity contribution in [2.75, 3.05) is 0 Å². The molecule has 5 nitrogen and oxygen atoms in total. The number of furan rings is 1. The Morgan fingerprint density at radius 2 is 1.88 bits per heavy atom. The van der Waals surface area contributed by atoms with Crippen LogP contribution in [0.5, 0.6) is 0 Å². The number of aryl methyl sites for hydroxylation is 2. The largest absolute Gasteiger partial charge is 0.455 e. The third-order valence-electron chi connectivity index (χ3n) is 3.80. The van der Waals surface area contributed by atoms with Crippen molar-refractivity contribution in [2.24, 2.45) is 4.99 Å². The molecule has 0 atom stereocenters. The van der Waals surface area contributed by atoms with Gasteiger partial charge in [-0.05, 0) is 49.2 Å². The van der Waals surface area contributed by atoms with E-state index in [1.54, 1.807) is 30.5 Å². The Bertz CT molecular complexity index is 926. The van der Waals surface area contributed by atoms with Crippen LogP contribution >= 0.6 is 0 Å². The first kappa shape index (κ1) is 15.7. The van der Waals surface area contributed by atoms with Gasteiger partial charge in [0.1, 0.15) is 11.5 Å². The molecule has 1 heterocycles. The molecule has 3 aromatic rings. The van der Waals surface area contributed by atoms with Crippen molar-refractivity contribution in [2.45, 2.75) is 13.8 Å². The van der Waals surface area contributed by atoms with Crippen LogP contribution in [0.4, 0.5) is 11.4 Å². The maximum Gasteiger partial charge on any atom is 0.270 e. The first-order valence-electron chi connectivity index (χ1n) is 7.49. The van der Waals surface area contributed by atoms with Gasteiger partial charge >= 0.3 is 0 Å². The number of rotatable bonds is 4. The fraction of sp³-hybridized carbons (Fsp3) is 0.105. The fourth-order valence-corrected chi connectivity index (χ4v) is 2.29. The minimum atomic E-state index is -0.422. The average Bonchev–Trinajstić information content (AvgIpc) is 3.05. The molecule has 0 aliphatic heterocycles. The van der Waals surface area contributed by atoms with Crippen molar-refractivity contribution >= 4 is 17.6 Å². The molecule has 3 rings (SSSR count). The molecule has 0 aliphatic rings. The predicted molar refractivity (Wildman–Crippen MR) is 94.0 cm³/mol. The van der Waals surface area contributed by atoms with Crippen LogP contribution in [-0.2, 0) is 0 Å². The molecule has 120 valence electrons. The number of nitro benzene ring substituents is 1. The van der Waals surface area contributed by atoms with E-state index in [9.17, 15) is 10.1 Å². The summed E-state index contributed by atoms with van der Waals surface area (Å²) in [4.78, 5) is 14.8. The highest BCUT2D eigenvalue weighted by Crippen LogP contribution is 2.25. The number of hydrogen-bond donors (Lipinski definition) is 0. The molecule has 2 aromatic carbocycles. The van der Waals surface area contributed by atoms with Crippen LogP contribution in [0.25, 0.3) is 11.3 Å². The number of nitrogens with zero attached hydrogens (tertiary/aromatic N) is 2. The lowest BCUT2D eigenvalue weighted by Crippen LogP contribution is -1.87. The highest BCUT2D eigenvalue weighted by Gasteiger charge is 2.09. The first-order chi connectivity index (χ1) is 11.5. The van der Waals surface area contributed by atoms with Crippen molar-refractivity contribution in [3.05, 3.63) is 81.6 Å². The van der Waals surface area contributed by atoms with Gasteiger partial charge < -0.3 is 4.42 Å². The van der Waals surface area contributed by atoms with Gasteiger partial charge in [0.05, 0.1) is 16.8 Å². The predicted octanol–water partition coefficient (Wildman–Crippen LogP) is 5.22. The van der Waals surface area contributed by atoms with Gasteiger partial charge in [-0.2, -0.15) is 0 Å². The van der Waals surface area contributed by atoms with E-state index >= 15 is 0 Å². The zero-order chi connectivity index (χ0) is 17.1. The molecule has 0 saturated heterocycles. The molecule has 0 spiro atoms. The molecule has 0 amide bonds. The third kappa shape index (κ3) is 3.41. The van der Waals surface area contributed by atoms with E-state index in [1.807, 2.05) is 25.1 Å². The van der Waals surface area contributed by atoms with E-state index in [2.05, 4.69) is 11.9 Å². The van der Waals surface area contributed by atoms with Gasteiger partial charge in [-0.1, -0.05) is 18.2 Å². The Morgan fingerprint density at radius 3 is 2.62 bits per heavy atom. The lowest BCUT2D eigenvalue weighted by atomic mass is 10.1. The van der Waals surface area contributed by atoms with Crippen LogP contribution in [0.2, 0.25) is 0 Å². The maximum atomic E-state index is 10.9. The summed E-state index contributed by atoms with van der Waals surface area (Å²) < 4.78 is 5.71. The van der Waals surface area contributed by atoms with E-state index in [4.69, 9.17) is 4.42 Å². The van der Waals surface area contributed by atoms with Crippen LogP contribution in [0.15, 0.2) is 64.0 Å². The summed E-state index contributed by atoms with van der Waals surface area (Å²) in [6.07, 6.45) is 1.64. The monoisotopic (exact) mass is 320 g/mol. The summed E-state index contributed by atoms with van der Waals surface area (Å²) in [5, 5.41) is 10.9. The first-order valence-corrected chi connectivity index (χ1v) is 7.49. The number of benzene rings is 2. The standard InChI is InChI=1S/C19H16N2O3/c1-13-6-7-16(10-14(13)2)20-12-18-8-9-19(24-18)15-4-3-5-17(11-15)21(22)23/h3-12H,1-2H3. The van der Waals surface area contributed by atoms with Crippen molar-refractivity contribution in [1.82, 2.24) is 0 Å². The van der Waals surface area contributed by atoms with Crippen LogP contribution in [0, 0.1) is 24.0 Å². The van der Waals surface area contributed by atoms with Gasteiger partial charge in [0.25, 0.3) is 5.69 Å². The Kier molecular flexibility index (Phi) is 4.24. The van der Waals surface area contributed by atoms with E-state index < -0.39 is 4.92 Å². The summed E-state index contributed by atoms with van der Waals surface area (Å²) in [5.41, 5.74) is 3.96. The van der Waals surface area contributed by atoms with E-state index in [0.717, 1.165) is 5.69 Å². The van der Waals surface area contributed by atoms with Gasteiger partial charge in [0.2, 0.25) is 0 Å². The van der Waals surface area contributed by atoms with Gasteiger partial charge in [0, 0.05) is 17.7 Å². The topological polar surface area (TPSA) is 68.6 Å². The van der Waals surface area contributed by atoms with E-state index in [-0.39, 0.29) is 5.69 Å². The quantitative estimate of drug-likeness (QED) is 0.376. The molecular formula is C19H16N2O3. The molecule has 0 saturated carbocycles. The maximum absolute atomic E-state index is 10.9. The second kappa shape index (κ2) is 6.50. The second-order valence-electron chi connectivity index (χ2n) is 5.54. The van der Waals surface area contributed by atoms with Crippen LogP contribution in [0.3, 0.4) is 0 Å². The van der Waals surface area contributed by atoms with Crippen LogP contribution in [-0.4, -0.2) is 11.1 Å². The second-order valence-corrected chi connectivity index (χ2v) is 5.54. The van der Waals surface area contributed by atoms with Gasteiger partial charge in [-0.3, -0.25) is 15.1 Å². The SMILES string of the molecule is Cc1ccc(N=Cc2ccc(-c3cccc([N+](=O)[O-])c3)o2)cc1C. The number of aliphatic imine (C=N–C) groups is 1. The van der Waals surface area contributed by atoms with Crippen molar-refractivity contribution in [3.8, 4) is 11.3 Å². The molecular weight excluding hydrogens is 304 g/mol. The highest BCUT2D eigenvalue weighted by molar-refractivity contribution is 5.80. The zero-order valence-corrected chi connectivity index (χ0v) is 13.4. The molecule has 1 aromatic heterocycles. The number of nitro groups is 1. The van der Waals surface area contributed by atoms with Crippen LogP contribution < -0.4 is 0 Å². The number of non-ortho nitro benzene ring substituents is 1. The molecule has 0 radical (unpaired) electrons. The third-order valence-corrected chi connectivity index (χ3v) is 3.80. The Morgan fingerprint density at radius 1 is 1.04 bits per heavy atom. The van der Waals surface area contributed by atoms with Gasteiger partial charge in [-0.25, -0.2) is 0 Å². The molecule has 0 fully saturated rings. The summed E-state index contributed by atoms with van der Waals surface area (Å²) in [7, 11) is 0. The minimum Gasteiger partial charge on any atom is -0.455 e. The summed E-state index contributed by atoms with van der Waals surface area (Å²) in [6, 6.07) is 15.9. The Labute approximate surface area is 139 Å². The molecule has 0 unspecified atom stereocenters.